The van der Waals surface area contributed by atoms with E-state index in [0.29, 0.717) is 18.7 Å². The Kier molecular flexibility index (Phi) is 3.50. The first-order chi connectivity index (χ1) is 9.00. The first-order valence-corrected chi connectivity index (χ1v) is 5.92. The Balaban J connectivity index is 2.19. The summed E-state index contributed by atoms with van der Waals surface area (Å²) >= 11 is 0. The Morgan fingerprint density at radius 2 is 1.84 bits per heavy atom. The van der Waals surface area contributed by atoms with E-state index in [1.807, 2.05) is 0 Å². The second kappa shape index (κ2) is 5.09. The van der Waals surface area contributed by atoms with Crippen molar-refractivity contribution < 1.29 is 19.5 Å². The number of nitrogens with zero attached hydrogens (tertiary/aromatic N) is 1. The summed E-state index contributed by atoms with van der Waals surface area (Å²) in [6.45, 7) is 2.55. The highest BCUT2D eigenvalue weighted by Crippen LogP contribution is 2.12. The van der Waals surface area contributed by atoms with Crippen LogP contribution in [0.5, 0.6) is 0 Å². The van der Waals surface area contributed by atoms with Gasteiger partial charge in [0.1, 0.15) is 6.04 Å². The van der Waals surface area contributed by atoms with Crippen LogP contribution >= 0.6 is 0 Å². The van der Waals surface area contributed by atoms with Crippen LogP contribution < -0.4 is 5.32 Å². The molecule has 1 aliphatic heterocycles. The van der Waals surface area contributed by atoms with E-state index in [2.05, 4.69) is 5.32 Å². The predicted octanol–water partition coefficient (Wildman–Crippen LogP) is 0.345. The molecule has 1 atom stereocenters. The number of carbonyl (C=O) groups excluding carboxylic acids is 2. The van der Waals surface area contributed by atoms with Crippen LogP contribution in [0.15, 0.2) is 24.3 Å². The fourth-order valence-corrected chi connectivity index (χ4v) is 1.98. The zero-order valence-corrected chi connectivity index (χ0v) is 10.4. The normalized spacial score (nSPS) is 18.9. The van der Waals surface area contributed by atoms with E-state index >= 15 is 0 Å². The molecule has 2 rings (SSSR count). The fourth-order valence-electron chi connectivity index (χ4n) is 1.98. The Hall–Kier alpha value is -2.37. The molecule has 1 unspecified atom stereocenters. The van der Waals surface area contributed by atoms with Gasteiger partial charge in [0.05, 0.1) is 5.56 Å². The summed E-state index contributed by atoms with van der Waals surface area (Å²) in [5.74, 6) is -1.48. The topological polar surface area (TPSA) is 86.7 Å². The molecule has 0 aromatic heterocycles. The lowest BCUT2D eigenvalue weighted by atomic mass is 10.1. The highest BCUT2D eigenvalue weighted by Gasteiger charge is 2.29. The van der Waals surface area contributed by atoms with E-state index < -0.39 is 12.0 Å². The van der Waals surface area contributed by atoms with E-state index in [1.54, 1.807) is 6.92 Å². The van der Waals surface area contributed by atoms with Gasteiger partial charge in [-0.25, -0.2) is 4.79 Å². The zero-order chi connectivity index (χ0) is 14.0. The molecular formula is C13H14N2O4. The minimum absolute atomic E-state index is 0.126. The number of amides is 2. The lowest BCUT2D eigenvalue weighted by molar-refractivity contribution is -0.127. The third-order valence-electron chi connectivity index (χ3n) is 3.14. The van der Waals surface area contributed by atoms with E-state index in [9.17, 15) is 14.4 Å². The number of nitrogens with one attached hydrogen (secondary N) is 1. The molecule has 100 valence electrons. The van der Waals surface area contributed by atoms with Gasteiger partial charge in [-0.3, -0.25) is 9.59 Å². The SMILES string of the molecule is CC1C(=O)NCCN1C(=O)c1ccc(C(=O)O)cc1. The van der Waals surface area contributed by atoms with Gasteiger partial charge in [-0.15, -0.1) is 0 Å². The summed E-state index contributed by atoms with van der Waals surface area (Å²) in [6, 6.07) is 5.17. The lowest BCUT2D eigenvalue weighted by Crippen LogP contribution is -2.55. The van der Waals surface area contributed by atoms with Crippen molar-refractivity contribution >= 4 is 17.8 Å². The van der Waals surface area contributed by atoms with Crippen molar-refractivity contribution in [2.75, 3.05) is 13.1 Å². The number of rotatable bonds is 2. The van der Waals surface area contributed by atoms with Crippen LogP contribution in [0.25, 0.3) is 0 Å². The molecular weight excluding hydrogens is 248 g/mol. The molecule has 2 amide bonds. The second-order valence-electron chi connectivity index (χ2n) is 4.35. The summed E-state index contributed by atoms with van der Waals surface area (Å²) in [7, 11) is 0. The number of carboxylic acid groups (broad SMARTS) is 1. The van der Waals surface area contributed by atoms with Gasteiger partial charge < -0.3 is 15.3 Å². The Labute approximate surface area is 110 Å². The van der Waals surface area contributed by atoms with Gasteiger partial charge in [0.2, 0.25) is 5.91 Å². The first kappa shape index (κ1) is 13.1. The Bertz CT molecular complexity index is 524. The van der Waals surface area contributed by atoms with Crippen molar-refractivity contribution in [2.24, 2.45) is 0 Å². The van der Waals surface area contributed by atoms with Gasteiger partial charge in [0.15, 0.2) is 0 Å². The molecule has 0 aliphatic carbocycles. The first-order valence-electron chi connectivity index (χ1n) is 5.92. The zero-order valence-electron chi connectivity index (χ0n) is 10.4. The summed E-state index contributed by atoms with van der Waals surface area (Å²) in [5, 5.41) is 11.5. The number of piperazine rings is 1. The standard InChI is InChI=1S/C13H14N2O4/c1-8-11(16)14-6-7-15(8)12(17)9-2-4-10(5-3-9)13(18)19/h2-5,8H,6-7H2,1H3,(H,14,16)(H,18,19). The molecule has 6 nitrogen and oxygen atoms in total. The highest BCUT2D eigenvalue weighted by molar-refractivity contribution is 5.99. The van der Waals surface area contributed by atoms with Crippen LogP contribution in [0.4, 0.5) is 0 Å². The molecule has 1 aliphatic rings. The van der Waals surface area contributed by atoms with E-state index in [4.69, 9.17) is 5.11 Å². The van der Waals surface area contributed by atoms with Crippen LogP contribution in [0.1, 0.15) is 27.6 Å². The van der Waals surface area contributed by atoms with E-state index in [-0.39, 0.29) is 17.4 Å². The maximum atomic E-state index is 12.2. The number of hydrogen-bond acceptors (Lipinski definition) is 3. The maximum Gasteiger partial charge on any atom is 0.335 e. The van der Waals surface area contributed by atoms with Crippen molar-refractivity contribution in [1.29, 1.82) is 0 Å². The minimum atomic E-state index is -1.04. The molecule has 0 saturated carbocycles. The number of benzene rings is 1. The van der Waals surface area contributed by atoms with E-state index in [0.717, 1.165) is 0 Å². The molecule has 19 heavy (non-hydrogen) atoms. The molecule has 0 radical (unpaired) electrons. The Morgan fingerprint density at radius 1 is 1.26 bits per heavy atom. The Morgan fingerprint density at radius 3 is 2.42 bits per heavy atom. The van der Waals surface area contributed by atoms with E-state index in [1.165, 1.54) is 29.2 Å². The predicted molar refractivity (Wildman–Crippen MR) is 66.9 cm³/mol. The monoisotopic (exact) mass is 262 g/mol. The van der Waals surface area contributed by atoms with Crippen LogP contribution in [0.2, 0.25) is 0 Å². The summed E-state index contributed by atoms with van der Waals surface area (Å²) in [4.78, 5) is 35.9. The van der Waals surface area contributed by atoms with Gasteiger partial charge in [-0.1, -0.05) is 0 Å². The summed E-state index contributed by atoms with van der Waals surface area (Å²) in [5.41, 5.74) is 0.507. The van der Waals surface area contributed by atoms with Crippen LogP contribution in [0, 0.1) is 0 Å². The molecule has 0 spiro atoms. The van der Waals surface area contributed by atoms with Crippen LogP contribution in [0.3, 0.4) is 0 Å². The molecule has 0 bridgehead atoms. The van der Waals surface area contributed by atoms with Crippen molar-refractivity contribution in [2.45, 2.75) is 13.0 Å². The van der Waals surface area contributed by atoms with Crippen LogP contribution in [-0.4, -0.2) is 46.9 Å². The van der Waals surface area contributed by atoms with Gasteiger partial charge in [0.25, 0.3) is 5.91 Å². The molecule has 2 N–H and O–H groups in total. The quantitative estimate of drug-likeness (QED) is 0.805. The lowest BCUT2D eigenvalue weighted by Gasteiger charge is -2.32. The number of hydrogen-bond donors (Lipinski definition) is 2. The van der Waals surface area contributed by atoms with Gasteiger partial charge in [0, 0.05) is 18.7 Å². The second-order valence-corrected chi connectivity index (χ2v) is 4.35. The molecule has 1 aromatic carbocycles. The van der Waals surface area contributed by atoms with Crippen molar-refractivity contribution in [1.82, 2.24) is 10.2 Å². The largest absolute Gasteiger partial charge is 0.478 e. The molecule has 1 heterocycles. The van der Waals surface area contributed by atoms with Gasteiger partial charge in [-0.2, -0.15) is 0 Å². The smallest absolute Gasteiger partial charge is 0.335 e. The highest BCUT2D eigenvalue weighted by atomic mass is 16.4. The number of carboxylic acids is 1. The fraction of sp³-hybridized carbons (Fsp3) is 0.308. The molecule has 1 saturated heterocycles. The average Bonchev–Trinajstić information content (AvgIpc) is 2.41. The number of carbonyl (C=O) groups is 3. The maximum absolute atomic E-state index is 12.2. The molecule has 1 aromatic rings. The summed E-state index contributed by atoms with van der Waals surface area (Å²) < 4.78 is 0. The molecule has 6 heteroatoms. The summed E-state index contributed by atoms with van der Waals surface area (Å²) in [6.07, 6.45) is 0. The number of aromatic carboxylic acids is 1. The van der Waals surface area contributed by atoms with Gasteiger partial charge in [-0.05, 0) is 31.2 Å². The minimum Gasteiger partial charge on any atom is -0.478 e. The van der Waals surface area contributed by atoms with Crippen molar-refractivity contribution in [3.63, 3.8) is 0 Å². The van der Waals surface area contributed by atoms with Gasteiger partial charge >= 0.3 is 5.97 Å². The van der Waals surface area contributed by atoms with Crippen molar-refractivity contribution in [3.05, 3.63) is 35.4 Å². The van der Waals surface area contributed by atoms with Crippen LogP contribution in [-0.2, 0) is 4.79 Å². The van der Waals surface area contributed by atoms with Crippen molar-refractivity contribution in [3.8, 4) is 0 Å². The third-order valence-corrected chi connectivity index (χ3v) is 3.14. The third kappa shape index (κ3) is 2.57. The molecule has 1 fully saturated rings. The average molecular weight is 262 g/mol.